The first kappa shape index (κ1) is 16.6. The molecule has 7 heteroatoms. The van der Waals surface area contributed by atoms with Crippen LogP contribution in [-0.4, -0.2) is 45.8 Å². The molecule has 104 valence electrons. The van der Waals surface area contributed by atoms with Crippen molar-refractivity contribution >= 4 is 17.8 Å². The Morgan fingerprint density at radius 2 is 1.63 bits per heavy atom. The minimum absolute atomic E-state index is 0.353. The van der Waals surface area contributed by atoms with Crippen molar-refractivity contribution in [1.29, 1.82) is 0 Å². The van der Waals surface area contributed by atoms with E-state index in [0.29, 0.717) is 5.56 Å². The summed E-state index contributed by atoms with van der Waals surface area (Å²) in [6.45, 7) is 0.843. The van der Waals surface area contributed by atoms with Crippen LogP contribution >= 0.6 is 0 Å². The monoisotopic (exact) mass is 269 g/mol. The molecule has 0 spiro atoms. The molecule has 0 heterocycles. The van der Waals surface area contributed by atoms with E-state index in [-0.39, 0.29) is 12.5 Å². The first-order chi connectivity index (χ1) is 8.84. The molecule has 0 aromatic heterocycles. The predicted octanol–water partition coefficient (Wildman–Crippen LogP) is -0.0472. The van der Waals surface area contributed by atoms with Crippen molar-refractivity contribution < 1.29 is 29.7 Å². The molecule has 1 unspecified atom stereocenters. The van der Waals surface area contributed by atoms with Crippen LogP contribution < -0.4 is 5.32 Å². The number of aliphatic carboxylic acids is 2. The number of aliphatic hydroxyl groups is 1. The summed E-state index contributed by atoms with van der Waals surface area (Å²) in [5.41, 5.74) is 0.462. The van der Waals surface area contributed by atoms with E-state index in [1.165, 1.54) is 6.92 Å². The molecule has 0 fully saturated rings. The zero-order valence-corrected chi connectivity index (χ0v) is 10.2. The van der Waals surface area contributed by atoms with E-state index in [1.54, 1.807) is 30.3 Å². The number of hydrogen-bond donors (Lipinski definition) is 4. The van der Waals surface area contributed by atoms with Crippen LogP contribution in [0, 0.1) is 0 Å². The lowest BCUT2D eigenvalue weighted by molar-refractivity contribution is -0.145. The van der Waals surface area contributed by atoms with E-state index < -0.39 is 18.0 Å². The third kappa shape index (κ3) is 8.33. The third-order valence-corrected chi connectivity index (χ3v) is 1.79. The quantitative estimate of drug-likeness (QED) is 0.607. The number of rotatable bonds is 4. The summed E-state index contributed by atoms with van der Waals surface area (Å²) < 4.78 is 0. The molecule has 0 aliphatic carbocycles. The topological polar surface area (TPSA) is 124 Å². The highest BCUT2D eigenvalue weighted by Crippen LogP contribution is 1.96. The summed E-state index contributed by atoms with van der Waals surface area (Å²) >= 11 is 0. The SMILES string of the molecule is CC(O)C(=O)O.O=C(O)CNC(=O)c1ccccc1. The van der Waals surface area contributed by atoms with Gasteiger partial charge in [0.1, 0.15) is 12.6 Å². The fourth-order valence-electron chi connectivity index (χ4n) is 0.847. The Balaban J connectivity index is 0.000000459. The van der Waals surface area contributed by atoms with Crippen molar-refractivity contribution in [2.75, 3.05) is 6.54 Å². The Kier molecular flexibility index (Phi) is 7.55. The summed E-state index contributed by atoms with van der Waals surface area (Å²) in [4.78, 5) is 30.7. The average molecular weight is 269 g/mol. The van der Waals surface area contributed by atoms with Crippen LogP contribution in [-0.2, 0) is 9.59 Å². The van der Waals surface area contributed by atoms with E-state index >= 15 is 0 Å². The number of carbonyl (C=O) groups excluding carboxylic acids is 1. The molecule has 4 N–H and O–H groups in total. The van der Waals surface area contributed by atoms with E-state index in [1.807, 2.05) is 0 Å². The number of aliphatic hydroxyl groups excluding tert-OH is 1. The Morgan fingerprint density at radius 3 is 2.00 bits per heavy atom. The van der Waals surface area contributed by atoms with Gasteiger partial charge in [0.05, 0.1) is 0 Å². The number of carboxylic acid groups (broad SMARTS) is 2. The van der Waals surface area contributed by atoms with Crippen molar-refractivity contribution in [3.63, 3.8) is 0 Å². The van der Waals surface area contributed by atoms with Gasteiger partial charge >= 0.3 is 11.9 Å². The second kappa shape index (κ2) is 8.65. The molecular weight excluding hydrogens is 254 g/mol. The Bertz CT molecular complexity index is 429. The van der Waals surface area contributed by atoms with Crippen LogP contribution in [0.4, 0.5) is 0 Å². The summed E-state index contributed by atoms with van der Waals surface area (Å²) in [6.07, 6.45) is -1.23. The summed E-state index contributed by atoms with van der Waals surface area (Å²) in [7, 11) is 0. The molecule has 1 atom stereocenters. The standard InChI is InChI=1S/C9H9NO3.C3H6O3/c11-8(12)6-10-9(13)7-4-2-1-3-5-7;1-2(4)3(5)6/h1-5H,6H2,(H,10,13)(H,11,12);2,4H,1H3,(H,5,6). The first-order valence-electron chi connectivity index (χ1n) is 5.30. The molecule has 19 heavy (non-hydrogen) atoms. The van der Waals surface area contributed by atoms with Gasteiger partial charge in [-0.2, -0.15) is 0 Å². The van der Waals surface area contributed by atoms with E-state index in [2.05, 4.69) is 5.32 Å². The number of hydrogen-bond acceptors (Lipinski definition) is 4. The molecule has 1 rings (SSSR count). The predicted molar refractivity (Wildman–Crippen MR) is 65.7 cm³/mol. The molecule has 0 saturated carbocycles. The molecule has 7 nitrogen and oxygen atoms in total. The highest BCUT2D eigenvalue weighted by molar-refractivity contribution is 5.95. The number of amides is 1. The van der Waals surface area contributed by atoms with Crippen LogP contribution in [0.3, 0.4) is 0 Å². The molecule has 0 aliphatic rings. The second-order valence-electron chi connectivity index (χ2n) is 3.46. The fourth-order valence-corrected chi connectivity index (χ4v) is 0.847. The molecule has 1 aromatic carbocycles. The summed E-state index contributed by atoms with van der Waals surface area (Å²) in [6, 6.07) is 8.47. The van der Waals surface area contributed by atoms with Crippen molar-refractivity contribution in [2.24, 2.45) is 0 Å². The normalized spacial score (nSPS) is 10.6. The van der Waals surface area contributed by atoms with Crippen molar-refractivity contribution in [3.8, 4) is 0 Å². The fraction of sp³-hybridized carbons (Fsp3) is 0.250. The lowest BCUT2D eigenvalue weighted by atomic mass is 10.2. The average Bonchev–Trinajstić information content (AvgIpc) is 2.37. The Hall–Kier alpha value is -2.41. The number of carbonyl (C=O) groups is 3. The second-order valence-corrected chi connectivity index (χ2v) is 3.46. The molecule has 0 radical (unpaired) electrons. The number of nitrogens with one attached hydrogen (secondary N) is 1. The maximum atomic E-state index is 11.2. The minimum Gasteiger partial charge on any atom is -0.480 e. The molecular formula is C12H15NO6. The van der Waals surface area contributed by atoms with Crippen LogP contribution in [0.1, 0.15) is 17.3 Å². The lowest BCUT2D eigenvalue weighted by Crippen LogP contribution is -2.29. The Labute approximate surface area is 109 Å². The van der Waals surface area contributed by atoms with Crippen LogP contribution in [0.25, 0.3) is 0 Å². The summed E-state index contributed by atoms with van der Waals surface area (Å²) in [5, 5.41) is 26.3. The molecule has 0 saturated heterocycles. The highest BCUT2D eigenvalue weighted by Gasteiger charge is 2.04. The van der Waals surface area contributed by atoms with Crippen molar-refractivity contribution in [2.45, 2.75) is 13.0 Å². The Morgan fingerprint density at radius 1 is 1.16 bits per heavy atom. The van der Waals surface area contributed by atoms with Gasteiger partial charge in [-0.25, -0.2) is 4.79 Å². The van der Waals surface area contributed by atoms with Gasteiger partial charge in [0.2, 0.25) is 0 Å². The molecule has 1 amide bonds. The van der Waals surface area contributed by atoms with Gasteiger partial charge < -0.3 is 20.6 Å². The van der Waals surface area contributed by atoms with Gasteiger partial charge in [0.25, 0.3) is 5.91 Å². The van der Waals surface area contributed by atoms with Gasteiger partial charge in [-0.1, -0.05) is 18.2 Å². The van der Waals surface area contributed by atoms with Gasteiger partial charge in [0.15, 0.2) is 0 Å². The molecule has 1 aromatic rings. The molecule has 0 bridgehead atoms. The largest absolute Gasteiger partial charge is 0.480 e. The zero-order chi connectivity index (χ0) is 14.8. The summed E-state index contributed by atoms with van der Waals surface area (Å²) in [5.74, 6) is -2.61. The van der Waals surface area contributed by atoms with Gasteiger partial charge in [-0.15, -0.1) is 0 Å². The smallest absolute Gasteiger partial charge is 0.332 e. The molecule has 0 aliphatic heterocycles. The van der Waals surface area contributed by atoms with Crippen molar-refractivity contribution in [1.82, 2.24) is 5.32 Å². The van der Waals surface area contributed by atoms with E-state index in [0.717, 1.165) is 0 Å². The van der Waals surface area contributed by atoms with Crippen molar-refractivity contribution in [3.05, 3.63) is 35.9 Å². The van der Waals surface area contributed by atoms with E-state index in [9.17, 15) is 14.4 Å². The maximum absolute atomic E-state index is 11.2. The minimum atomic E-state index is -1.23. The zero-order valence-electron chi connectivity index (χ0n) is 10.2. The number of carboxylic acids is 2. The van der Waals surface area contributed by atoms with Crippen LogP contribution in [0.15, 0.2) is 30.3 Å². The lowest BCUT2D eigenvalue weighted by Gasteiger charge is -2.00. The third-order valence-electron chi connectivity index (χ3n) is 1.79. The first-order valence-corrected chi connectivity index (χ1v) is 5.30. The van der Waals surface area contributed by atoms with Gasteiger partial charge in [-0.05, 0) is 19.1 Å². The highest BCUT2D eigenvalue weighted by atomic mass is 16.4. The van der Waals surface area contributed by atoms with Crippen LogP contribution in [0.2, 0.25) is 0 Å². The van der Waals surface area contributed by atoms with E-state index in [4.69, 9.17) is 15.3 Å². The maximum Gasteiger partial charge on any atom is 0.332 e. The van der Waals surface area contributed by atoms with Gasteiger partial charge in [0, 0.05) is 5.56 Å². The van der Waals surface area contributed by atoms with Crippen LogP contribution in [0.5, 0.6) is 0 Å². The van der Waals surface area contributed by atoms with Gasteiger partial charge in [-0.3, -0.25) is 9.59 Å². The number of benzene rings is 1.